The Bertz CT molecular complexity index is 658. The van der Waals surface area contributed by atoms with Gasteiger partial charge >= 0.3 is 0 Å². The number of hydrogen-bond acceptors (Lipinski definition) is 5. The quantitative estimate of drug-likeness (QED) is 0.875. The first-order chi connectivity index (χ1) is 12.2. The second-order valence-electron chi connectivity index (χ2n) is 6.27. The van der Waals surface area contributed by atoms with Gasteiger partial charge in [-0.2, -0.15) is 0 Å². The van der Waals surface area contributed by atoms with Crippen molar-refractivity contribution in [3.63, 3.8) is 0 Å². The summed E-state index contributed by atoms with van der Waals surface area (Å²) >= 11 is 0. The molecule has 1 aromatic carbocycles. The molecule has 6 heteroatoms. The molecule has 1 aliphatic rings. The number of carbonyl (C=O) groups is 1. The van der Waals surface area contributed by atoms with Gasteiger partial charge in [0, 0.05) is 25.5 Å². The summed E-state index contributed by atoms with van der Waals surface area (Å²) in [6.07, 6.45) is 5.36. The lowest BCUT2D eigenvalue weighted by molar-refractivity contribution is -0.122. The van der Waals surface area contributed by atoms with E-state index in [1.807, 2.05) is 25.1 Å². The van der Waals surface area contributed by atoms with E-state index in [4.69, 9.17) is 4.74 Å². The third-order valence-corrected chi connectivity index (χ3v) is 4.53. The highest BCUT2D eigenvalue weighted by Crippen LogP contribution is 2.18. The van der Waals surface area contributed by atoms with E-state index in [1.165, 1.54) is 5.56 Å². The summed E-state index contributed by atoms with van der Waals surface area (Å²) in [4.78, 5) is 22.6. The van der Waals surface area contributed by atoms with Crippen molar-refractivity contribution in [2.45, 2.75) is 38.5 Å². The third kappa shape index (κ3) is 5.08. The number of nitrogens with one attached hydrogen (secondary N) is 1. The largest absolute Gasteiger partial charge is 0.373 e. The third-order valence-electron chi connectivity index (χ3n) is 4.53. The number of piperidine rings is 1. The fraction of sp³-hybridized carbons (Fsp3) is 0.421. The normalized spacial score (nSPS) is 17.2. The molecule has 2 heterocycles. The minimum atomic E-state index is -0.209. The molecule has 2 aromatic rings. The molecule has 1 atom stereocenters. The van der Waals surface area contributed by atoms with E-state index >= 15 is 0 Å². The monoisotopic (exact) mass is 340 g/mol. The van der Waals surface area contributed by atoms with E-state index in [0.29, 0.717) is 12.6 Å². The molecule has 1 saturated heterocycles. The van der Waals surface area contributed by atoms with Crippen LogP contribution in [-0.4, -0.2) is 46.0 Å². The molecule has 0 bridgehead atoms. The van der Waals surface area contributed by atoms with Crippen molar-refractivity contribution in [2.75, 3.05) is 18.4 Å². The van der Waals surface area contributed by atoms with Gasteiger partial charge in [-0.05, 0) is 31.4 Å². The summed E-state index contributed by atoms with van der Waals surface area (Å²) in [5.41, 5.74) is 1.19. The fourth-order valence-electron chi connectivity index (χ4n) is 2.96. The van der Waals surface area contributed by atoms with E-state index in [-0.39, 0.29) is 18.1 Å². The lowest BCUT2D eigenvalue weighted by atomic mass is 10.1. The highest BCUT2D eigenvalue weighted by Gasteiger charge is 2.27. The van der Waals surface area contributed by atoms with Crippen LogP contribution in [0.4, 0.5) is 5.95 Å². The van der Waals surface area contributed by atoms with Crippen LogP contribution in [0.5, 0.6) is 0 Å². The number of amides is 1. The summed E-state index contributed by atoms with van der Waals surface area (Å²) in [5, 5.41) is 2.76. The average Bonchev–Trinajstić information content (AvgIpc) is 2.68. The van der Waals surface area contributed by atoms with Gasteiger partial charge in [-0.1, -0.05) is 30.3 Å². The van der Waals surface area contributed by atoms with Gasteiger partial charge < -0.3 is 4.74 Å². The summed E-state index contributed by atoms with van der Waals surface area (Å²) in [6, 6.07) is 11.7. The number of aromatic nitrogens is 2. The number of benzene rings is 1. The lowest BCUT2D eigenvalue weighted by Gasteiger charge is -2.35. The van der Waals surface area contributed by atoms with Gasteiger partial charge in [0.1, 0.15) is 0 Å². The van der Waals surface area contributed by atoms with Crippen LogP contribution in [0.25, 0.3) is 0 Å². The Morgan fingerprint density at radius 3 is 2.56 bits per heavy atom. The van der Waals surface area contributed by atoms with Gasteiger partial charge in [-0.25, -0.2) is 9.97 Å². The van der Waals surface area contributed by atoms with Crippen LogP contribution in [0, 0.1) is 0 Å². The van der Waals surface area contributed by atoms with Crippen LogP contribution in [-0.2, 0) is 16.1 Å². The molecule has 1 N–H and O–H groups in total. The molecule has 1 aromatic heterocycles. The maximum absolute atomic E-state index is 12.3. The Labute approximate surface area is 148 Å². The van der Waals surface area contributed by atoms with Gasteiger partial charge in [0.05, 0.1) is 18.8 Å². The van der Waals surface area contributed by atoms with Gasteiger partial charge in [0.25, 0.3) is 0 Å². The number of nitrogens with zero attached hydrogens (tertiary/aromatic N) is 3. The SMILES string of the molecule is C[C@@H](C(=O)Nc1ncccn1)N1CCC(OCc2ccccc2)CC1. The van der Waals surface area contributed by atoms with Crippen molar-refractivity contribution in [1.82, 2.24) is 14.9 Å². The molecule has 1 fully saturated rings. The molecule has 0 saturated carbocycles. The van der Waals surface area contributed by atoms with Gasteiger partial charge in [0.15, 0.2) is 0 Å². The molecule has 3 rings (SSSR count). The van der Waals surface area contributed by atoms with E-state index < -0.39 is 0 Å². The molecular weight excluding hydrogens is 316 g/mol. The molecule has 0 unspecified atom stereocenters. The highest BCUT2D eigenvalue weighted by molar-refractivity contribution is 5.93. The van der Waals surface area contributed by atoms with Gasteiger partial charge in [0.2, 0.25) is 11.9 Å². The van der Waals surface area contributed by atoms with Crippen LogP contribution in [0.15, 0.2) is 48.8 Å². The predicted octanol–water partition coefficient (Wildman–Crippen LogP) is 2.48. The van der Waals surface area contributed by atoms with Crippen molar-refractivity contribution < 1.29 is 9.53 Å². The Morgan fingerprint density at radius 1 is 1.20 bits per heavy atom. The maximum Gasteiger partial charge on any atom is 0.243 e. The first kappa shape index (κ1) is 17.5. The fourth-order valence-corrected chi connectivity index (χ4v) is 2.96. The smallest absolute Gasteiger partial charge is 0.243 e. The molecular formula is C19H24N4O2. The van der Waals surface area contributed by atoms with E-state index in [2.05, 4.69) is 32.3 Å². The minimum Gasteiger partial charge on any atom is -0.373 e. The van der Waals surface area contributed by atoms with E-state index in [1.54, 1.807) is 18.5 Å². The number of hydrogen-bond donors (Lipinski definition) is 1. The topological polar surface area (TPSA) is 67.4 Å². The molecule has 1 amide bonds. The molecule has 0 aliphatic carbocycles. The second-order valence-corrected chi connectivity index (χ2v) is 6.27. The zero-order chi connectivity index (χ0) is 17.5. The molecule has 1 aliphatic heterocycles. The minimum absolute atomic E-state index is 0.0742. The van der Waals surface area contributed by atoms with Crippen molar-refractivity contribution in [1.29, 1.82) is 0 Å². The zero-order valence-electron chi connectivity index (χ0n) is 14.5. The standard InChI is InChI=1S/C19H24N4O2/c1-15(18(24)22-19-20-10-5-11-21-19)23-12-8-17(9-13-23)25-14-16-6-3-2-4-7-16/h2-7,10-11,15,17H,8-9,12-14H2,1H3,(H,20,21,22,24)/t15-/m0/s1. The van der Waals surface area contributed by atoms with Crippen LogP contribution < -0.4 is 5.32 Å². The molecule has 132 valence electrons. The number of likely N-dealkylation sites (tertiary alicyclic amines) is 1. The summed E-state index contributed by atoms with van der Waals surface area (Å²) in [6.45, 7) is 4.27. The zero-order valence-corrected chi connectivity index (χ0v) is 14.5. The number of carbonyl (C=O) groups excluding carboxylic acids is 1. The van der Waals surface area contributed by atoms with Crippen LogP contribution in [0.1, 0.15) is 25.3 Å². The van der Waals surface area contributed by atoms with Crippen molar-refractivity contribution >= 4 is 11.9 Å². The van der Waals surface area contributed by atoms with Crippen molar-refractivity contribution in [3.8, 4) is 0 Å². The summed E-state index contributed by atoms with van der Waals surface area (Å²) < 4.78 is 6.01. The van der Waals surface area contributed by atoms with Gasteiger partial charge in [-0.15, -0.1) is 0 Å². The lowest BCUT2D eigenvalue weighted by Crippen LogP contribution is -2.47. The first-order valence-electron chi connectivity index (χ1n) is 8.70. The van der Waals surface area contributed by atoms with Gasteiger partial charge in [-0.3, -0.25) is 15.0 Å². The Hall–Kier alpha value is -2.31. The number of rotatable bonds is 6. The number of ether oxygens (including phenoxy) is 1. The summed E-state index contributed by atoms with van der Waals surface area (Å²) in [7, 11) is 0. The predicted molar refractivity (Wildman–Crippen MR) is 95.9 cm³/mol. The second kappa shape index (κ2) is 8.69. The Morgan fingerprint density at radius 2 is 1.88 bits per heavy atom. The summed E-state index contributed by atoms with van der Waals surface area (Å²) in [5.74, 6) is 0.273. The molecule has 6 nitrogen and oxygen atoms in total. The van der Waals surface area contributed by atoms with Crippen LogP contribution >= 0.6 is 0 Å². The van der Waals surface area contributed by atoms with E-state index in [0.717, 1.165) is 25.9 Å². The van der Waals surface area contributed by atoms with E-state index in [9.17, 15) is 4.79 Å². The van der Waals surface area contributed by atoms with Crippen LogP contribution in [0.2, 0.25) is 0 Å². The maximum atomic E-state index is 12.3. The molecule has 0 spiro atoms. The first-order valence-corrected chi connectivity index (χ1v) is 8.70. The molecule has 0 radical (unpaired) electrons. The van der Waals surface area contributed by atoms with Crippen LogP contribution in [0.3, 0.4) is 0 Å². The van der Waals surface area contributed by atoms with Crippen molar-refractivity contribution in [3.05, 3.63) is 54.4 Å². The highest BCUT2D eigenvalue weighted by atomic mass is 16.5. The Balaban J connectivity index is 1.42. The Kier molecular flexibility index (Phi) is 6.09. The molecule has 25 heavy (non-hydrogen) atoms. The number of anilines is 1. The average molecular weight is 340 g/mol. The van der Waals surface area contributed by atoms with Crippen molar-refractivity contribution in [2.24, 2.45) is 0 Å².